The summed E-state index contributed by atoms with van der Waals surface area (Å²) in [6.45, 7) is 8.46. The van der Waals surface area contributed by atoms with Gasteiger partial charge in [-0.2, -0.15) is 5.10 Å². The molecule has 0 fully saturated rings. The topological polar surface area (TPSA) is 55.2 Å². The van der Waals surface area contributed by atoms with Gasteiger partial charge in [-0.05, 0) is 19.8 Å². The Balaban J connectivity index is 3.21. The molecule has 1 aromatic heterocycles. The summed E-state index contributed by atoms with van der Waals surface area (Å²) in [7, 11) is -1.88. The molecule has 0 spiro atoms. The van der Waals surface area contributed by atoms with Crippen LogP contribution in [0.3, 0.4) is 0 Å². The molecule has 0 bridgehead atoms. The van der Waals surface area contributed by atoms with E-state index in [0.29, 0.717) is 35.3 Å². The highest BCUT2D eigenvalue weighted by Gasteiger charge is 2.28. The summed E-state index contributed by atoms with van der Waals surface area (Å²) >= 11 is 5.69. The van der Waals surface area contributed by atoms with Gasteiger partial charge in [-0.1, -0.05) is 13.8 Å². The Morgan fingerprint density at radius 3 is 2.42 bits per heavy atom. The van der Waals surface area contributed by atoms with Crippen molar-refractivity contribution >= 4 is 21.6 Å². The van der Waals surface area contributed by atoms with Gasteiger partial charge in [-0.15, -0.1) is 11.6 Å². The summed E-state index contributed by atoms with van der Waals surface area (Å²) in [6.07, 6.45) is 0. The van der Waals surface area contributed by atoms with Gasteiger partial charge in [-0.3, -0.25) is 4.68 Å². The molecule has 0 N–H and O–H groups in total. The summed E-state index contributed by atoms with van der Waals surface area (Å²) in [5.41, 5.74) is 1.17. The molecule has 0 aliphatic rings. The van der Waals surface area contributed by atoms with E-state index in [9.17, 15) is 8.42 Å². The van der Waals surface area contributed by atoms with Crippen LogP contribution in [-0.2, 0) is 16.6 Å². The van der Waals surface area contributed by atoms with Crippen molar-refractivity contribution in [3.63, 3.8) is 0 Å². The van der Waals surface area contributed by atoms with Crippen molar-refractivity contribution < 1.29 is 8.42 Å². The van der Waals surface area contributed by atoms with E-state index in [-0.39, 0.29) is 5.92 Å². The van der Waals surface area contributed by atoms with Crippen LogP contribution in [0.15, 0.2) is 4.90 Å². The first-order valence-electron chi connectivity index (χ1n) is 6.28. The molecule has 1 heterocycles. The van der Waals surface area contributed by atoms with Crippen LogP contribution < -0.4 is 0 Å². The second kappa shape index (κ2) is 6.24. The summed E-state index contributed by atoms with van der Waals surface area (Å²) in [6, 6.07) is 0. The molecule has 7 heteroatoms. The molecule has 0 aliphatic heterocycles. The van der Waals surface area contributed by atoms with Crippen LogP contribution in [0.2, 0.25) is 0 Å². The third kappa shape index (κ3) is 3.49. The number of hydrogen-bond donors (Lipinski definition) is 0. The van der Waals surface area contributed by atoms with Crippen molar-refractivity contribution in [3.8, 4) is 0 Å². The number of nitrogens with zero attached hydrogens (tertiary/aromatic N) is 3. The number of rotatable bonds is 6. The van der Waals surface area contributed by atoms with Crippen LogP contribution in [0.5, 0.6) is 0 Å². The number of hydrogen-bond acceptors (Lipinski definition) is 3. The van der Waals surface area contributed by atoms with Crippen LogP contribution in [0, 0.1) is 19.8 Å². The third-order valence-corrected chi connectivity index (χ3v) is 5.15. The highest BCUT2D eigenvalue weighted by atomic mass is 35.5. The highest BCUT2D eigenvalue weighted by molar-refractivity contribution is 7.89. The Bertz CT molecular complexity index is 537. The predicted octanol–water partition coefficient (Wildman–Crippen LogP) is 2.02. The number of alkyl halides is 1. The van der Waals surface area contributed by atoms with E-state index >= 15 is 0 Å². The van der Waals surface area contributed by atoms with Gasteiger partial charge in [0.2, 0.25) is 10.0 Å². The Labute approximate surface area is 120 Å². The van der Waals surface area contributed by atoms with Crippen LogP contribution in [0.25, 0.3) is 0 Å². The van der Waals surface area contributed by atoms with Crippen LogP contribution >= 0.6 is 11.6 Å². The maximum atomic E-state index is 12.6. The van der Waals surface area contributed by atoms with Crippen LogP contribution in [0.1, 0.15) is 25.2 Å². The molecule has 0 saturated heterocycles. The zero-order valence-electron chi connectivity index (χ0n) is 12.1. The lowest BCUT2D eigenvalue weighted by Crippen LogP contribution is -2.31. The van der Waals surface area contributed by atoms with Crippen LogP contribution in [-0.4, -0.2) is 42.0 Å². The zero-order chi connectivity index (χ0) is 14.8. The molecule has 19 heavy (non-hydrogen) atoms. The summed E-state index contributed by atoms with van der Waals surface area (Å²) in [5, 5.41) is 4.25. The van der Waals surface area contributed by atoms with Gasteiger partial charge in [-0.25, -0.2) is 12.7 Å². The first kappa shape index (κ1) is 16.5. The van der Waals surface area contributed by atoms with Gasteiger partial charge in [0, 0.05) is 19.5 Å². The monoisotopic (exact) mass is 307 g/mol. The van der Waals surface area contributed by atoms with Gasteiger partial charge >= 0.3 is 0 Å². The second-order valence-corrected chi connectivity index (χ2v) is 7.45. The minimum atomic E-state index is -3.49. The quantitative estimate of drug-likeness (QED) is 0.756. The molecule has 0 saturated carbocycles. The average molecular weight is 308 g/mol. The largest absolute Gasteiger partial charge is 0.267 e. The van der Waals surface area contributed by atoms with E-state index in [1.165, 1.54) is 4.31 Å². The maximum absolute atomic E-state index is 12.6. The molecule has 0 amide bonds. The molecule has 1 rings (SSSR count). The van der Waals surface area contributed by atoms with E-state index < -0.39 is 10.0 Å². The second-order valence-electron chi connectivity index (χ2n) is 5.09. The van der Waals surface area contributed by atoms with Crippen molar-refractivity contribution in [2.45, 2.75) is 39.1 Å². The summed E-state index contributed by atoms with van der Waals surface area (Å²) < 4.78 is 28.2. The third-order valence-electron chi connectivity index (χ3n) is 2.90. The Kier molecular flexibility index (Phi) is 5.41. The fourth-order valence-corrected chi connectivity index (χ4v) is 3.98. The minimum Gasteiger partial charge on any atom is -0.267 e. The first-order chi connectivity index (χ1) is 8.71. The van der Waals surface area contributed by atoms with Gasteiger partial charge in [0.25, 0.3) is 0 Å². The van der Waals surface area contributed by atoms with Crippen molar-refractivity contribution in [1.29, 1.82) is 0 Å². The molecule has 0 atom stereocenters. The number of aromatic nitrogens is 2. The number of aryl methyl sites for hydroxylation is 2. The van der Waals surface area contributed by atoms with Gasteiger partial charge < -0.3 is 0 Å². The fourth-order valence-electron chi connectivity index (χ4n) is 2.12. The van der Waals surface area contributed by atoms with Gasteiger partial charge in [0.05, 0.1) is 17.9 Å². The molecule has 5 nitrogen and oxygen atoms in total. The lowest BCUT2D eigenvalue weighted by Gasteiger charge is -2.19. The predicted molar refractivity (Wildman–Crippen MR) is 77.1 cm³/mol. The normalized spacial score (nSPS) is 12.6. The summed E-state index contributed by atoms with van der Waals surface area (Å²) in [4.78, 5) is 0.306. The molecule has 0 aliphatic carbocycles. The van der Waals surface area contributed by atoms with E-state index in [1.807, 2.05) is 13.8 Å². The van der Waals surface area contributed by atoms with E-state index in [2.05, 4.69) is 5.10 Å². The lowest BCUT2D eigenvalue weighted by atomic mass is 10.2. The van der Waals surface area contributed by atoms with Crippen molar-refractivity contribution in [3.05, 3.63) is 11.4 Å². The lowest BCUT2D eigenvalue weighted by molar-refractivity contribution is 0.416. The average Bonchev–Trinajstić information content (AvgIpc) is 2.54. The molecule has 0 unspecified atom stereocenters. The molecule has 0 radical (unpaired) electrons. The van der Waals surface area contributed by atoms with E-state index in [4.69, 9.17) is 11.6 Å². The van der Waals surface area contributed by atoms with E-state index in [0.717, 1.165) is 0 Å². The Morgan fingerprint density at radius 1 is 1.37 bits per heavy atom. The minimum absolute atomic E-state index is 0.276. The fraction of sp³-hybridized carbons (Fsp3) is 0.750. The molecular formula is C12H22ClN3O2S. The first-order valence-corrected chi connectivity index (χ1v) is 8.25. The van der Waals surface area contributed by atoms with Crippen molar-refractivity contribution in [1.82, 2.24) is 14.1 Å². The van der Waals surface area contributed by atoms with E-state index in [1.54, 1.807) is 25.6 Å². The van der Waals surface area contributed by atoms with Crippen molar-refractivity contribution in [2.75, 3.05) is 19.5 Å². The smallest absolute Gasteiger partial charge is 0.246 e. The van der Waals surface area contributed by atoms with Crippen LogP contribution in [0.4, 0.5) is 0 Å². The highest BCUT2D eigenvalue weighted by Crippen LogP contribution is 2.23. The zero-order valence-corrected chi connectivity index (χ0v) is 13.7. The van der Waals surface area contributed by atoms with Gasteiger partial charge in [0.15, 0.2) is 0 Å². The Morgan fingerprint density at radius 2 is 1.95 bits per heavy atom. The summed E-state index contributed by atoms with van der Waals surface area (Å²) in [5.74, 6) is 0.682. The number of sulfonamides is 1. The van der Waals surface area contributed by atoms with Gasteiger partial charge in [0.1, 0.15) is 4.90 Å². The standard InChI is InChI=1S/C12H22ClN3O2S/c1-9(2)8-15(5)19(17,18)12-10(3)14-16(7-6-13)11(12)4/h9H,6-8H2,1-5H3. The Hall–Kier alpha value is -0.590. The SMILES string of the molecule is Cc1nn(CCCl)c(C)c1S(=O)(=O)N(C)CC(C)C. The number of halogens is 1. The maximum Gasteiger partial charge on any atom is 0.246 e. The molecule has 0 aromatic carbocycles. The van der Waals surface area contributed by atoms with Crippen molar-refractivity contribution in [2.24, 2.45) is 5.92 Å². The molecule has 110 valence electrons. The molecule has 1 aromatic rings. The molecular weight excluding hydrogens is 286 g/mol.